The minimum atomic E-state index is -3.22. The fourth-order valence-corrected chi connectivity index (χ4v) is 3.76. The van der Waals surface area contributed by atoms with Crippen molar-refractivity contribution in [3.05, 3.63) is 65.7 Å². The lowest BCUT2D eigenvalue weighted by Gasteiger charge is -2.13. The molecule has 15 heteroatoms. The number of hydrogen-bond donors (Lipinski definition) is 1. The van der Waals surface area contributed by atoms with Gasteiger partial charge in [0.25, 0.3) is 6.43 Å². The van der Waals surface area contributed by atoms with Crippen molar-refractivity contribution >= 4 is 22.5 Å². The second-order valence-electron chi connectivity index (χ2n) is 7.99. The summed E-state index contributed by atoms with van der Waals surface area (Å²) >= 11 is 0. The largest absolute Gasteiger partial charge is 0.494 e. The molecule has 11 nitrogen and oxygen atoms in total. The van der Waals surface area contributed by atoms with E-state index in [-0.39, 0.29) is 11.5 Å². The second kappa shape index (κ2) is 10.2. The van der Waals surface area contributed by atoms with Crippen LogP contribution < -0.4 is 14.8 Å². The Morgan fingerprint density at radius 2 is 1.87 bits per heavy atom. The topological polar surface area (TPSA) is 129 Å². The average molecular weight is 539 g/mol. The molecular weight excluding hydrogens is 522 g/mol. The molecule has 39 heavy (non-hydrogen) atoms. The molecule has 0 saturated carbocycles. The summed E-state index contributed by atoms with van der Waals surface area (Å²) in [5.74, 6) is -0.0175. The number of aryl methyl sites for hydroxylation is 1. The molecule has 0 atom stereocenters. The van der Waals surface area contributed by atoms with E-state index in [1.54, 1.807) is 30.3 Å². The van der Waals surface area contributed by atoms with E-state index in [2.05, 4.69) is 35.3 Å². The number of nitriles is 1. The van der Waals surface area contributed by atoms with Crippen molar-refractivity contribution in [2.24, 2.45) is 0 Å². The highest BCUT2D eigenvalue weighted by molar-refractivity contribution is 5.85. The van der Waals surface area contributed by atoms with Crippen molar-refractivity contribution in [2.75, 3.05) is 12.4 Å². The number of ether oxygens (including phenoxy) is 2. The minimum absolute atomic E-state index is 0.139. The van der Waals surface area contributed by atoms with Gasteiger partial charge in [0.15, 0.2) is 11.6 Å². The number of imidazole rings is 1. The highest BCUT2D eigenvalue weighted by Crippen LogP contribution is 2.34. The number of halogens is 4. The lowest BCUT2D eigenvalue weighted by Crippen LogP contribution is -2.10. The van der Waals surface area contributed by atoms with Crippen LogP contribution in [0, 0.1) is 18.3 Å². The molecule has 0 saturated heterocycles. The molecule has 5 aromatic rings. The molecule has 0 amide bonds. The van der Waals surface area contributed by atoms with Crippen LogP contribution in [0.3, 0.4) is 0 Å². The number of nitrogens with zero attached hydrogens (tertiary/aromatic N) is 8. The van der Waals surface area contributed by atoms with Crippen molar-refractivity contribution in [1.29, 1.82) is 5.26 Å². The number of nitrogens with one attached hydrogen (secondary N) is 1. The normalized spacial score (nSPS) is 11.3. The molecule has 0 fully saturated rings. The van der Waals surface area contributed by atoms with E-state index < -0.39 is 30.3 Å². The number of aromatic nitrogens is 7. The van der Waals surface area contributed by atoms with Crippen molar-refractivity contribution in [1.82, 2.24) is 34.5 Å². The van der Waals surface area contributed by atoms with Crippen LogP contribution in [0.15, 0.2) is 48.8 Å². The second-order valence-corrected chi connectivity index (χ2v) is 7.99. The van der Waals surface area contributed by atoms with E-state index in [1.807, 2.05) is 6.92 Å². The van der Waals surface area contributed by atoms with Gasteiger partial charge in [-0.2, -0.15) is 19.1 Å². The van der Waals surface area contributed by atoms with Gasteiger partial charge in [-0.1, -0.05) is 0 Å². The van der Waals surface area contributed by atoms with Crippen LogP contribution in [0.25, 0.3) is 22.7 Å². The standard InChI is InChI=1S/C24H17F4N9O2/c1-12-3-5-19(34-33-12)31-16-8-15-17(9-18(16)38-2)36(11-30-15)20-6-4-14(22(25)26)23(32-20)37-13(10-29)7-21(35-37)39-24(27)28/h3-9,11,22,24H,1-2H3,(H,31,34). The smallest absolute Gasteiger partial charge is 0.388 e. The predicted molar refractivity (Wildman–Crippen MR) is 129 cm³/mol. The Kier molecular flexibility index (Phi) is 6.67. The van der Waals surface area contributed by atoms with Crippen LogP contribution in [0.4, 0.5) is 29.1 Å². The molecule has 0 spiro atoms. The first kappa shape index (κ1) is 25.4. The maximum Gasteiger partial charge on any atom is 0.388 e. The lowest BCUT2D eigenvalue weighted by atomic mass is 10.2. The van der Waals surface area contributed by atoms with Gasteiger partial charge in [-0.25, -0.2) is 23.4 Å². The average Bonchev–Trinajstić information content (AvgIpc) is 3.52. The molecule has 198 valence electrons. The number of benzene rings is 1. The zero-order valence-corrected chi connectivity index (χ0v) is 20.2. The van der Waals surface area contributed by atoms with E-state index in [0.717, 1.165) is 22.5 Å². The van der Waals surface area contributed by atoms with Gasteiger partial charge >= 0.3 is 6.61 Å². The van der Waals surface area contributed by atoms with E-state index in [0.29, 0.717) is 28.3 Å². The Hall–Kier alpha value is -5.26. The van der Waals surface area contributed by atoms with Crippen LogP contribution in [0.1, 0.15) is 23.4 Å². The summed E-state index contributed by atoms with van der Waals surface area (Å²) < 4.78 is 65.1. The summed E-state index contributed by atoms with van der Waals surface area (Å²) in [7, 11) is 1.47. The first-order valence-electron chi connectivity index (χ1n) is 11.1. The summed E-state index contributed by atoms with van der Waals surface area (Å²) in [5.41, 5.74) is 1.42. The molecule has 0 bridgehead atoms. The summed E-state index contributed by atoms with van der Waals surface area (Å²) in [6.45, 7) is -1.41. The molecule has 4 heterocycles. The van der Waals surface area contributed by atoms with E-state index in [4.69, 9.17) is 4.74 Å². The van der Waals surface area contributed by atoms with Crippen molar-refractivity contribution < 1.29 is 27.0 Å². The van der Waals surface area contributed by atoms with Crippen LogP contribution >= 0.6 is 0 Å². The maximum absolute atomic E-state index is 13.9. The Morgan fingerprint density at radius 1 is 1.05 bits per heavy atom. The zero-order valence-electron chi connectivity index (χ0n) is 20.2. The van der Waals surface area contributed by atoms with Crippen LogP contribution in [0.5, 0.6) is 11.6 Å². The minimum Gasteiger partial charge on any atom is -0.494 e. The van der Waals surface area contributed by atoms with Gasteiger partial charge in [0.1, 0.15) is 29.7 Å². The van der Waals surface area contributed by atoms with Crippen molar-refractivity contribution in [2.45, 2.75) is 20.0 Å². The van der Waals surface area contributed by atoms with Gasteiger partial charge in [0.05, 0.1) is 35.1 Å². The molecule has 0 unspecified atom stereocenters. The fourth-order valence-electron chi connectivity index (χ4n) is 3.76. The fraction of sp³-hybridized carbons (Fsp3) is 0.167. The number of alkyl halides is 4. The Labute approximate surface area is 217 Å². The molecule has 0 aliphatic rings. The molecule has 4 aromatic heterocycles. The third-order valence-corrected chi connectivity index (χ3v) is 5.51. The third kappa shape index (κ3) is 4.99. The number of pyridine rings is 1. The van der Waals surface area contributed by atoms with Crippen LogP contribution in [-0.2, 0) is 0 Å². The first-order chi connectivity index (χ1) is 18.8. The summed E-state index contributed by atoms with van der Waals surface area (Å²) in [6, 6.07) is 12.0. The monoisotopic (exact) mass is 539 g/mol. The van der Waals surface area contributed by atoms with Crippen molar-refractivity contribution in [3.8, 4) is 29.3 Å². The van der Waals surface area contributed by atoms with Gasteiger partial charge in [-0.05, 0) is 37.3 Å². The number of hydrogen-bond acceptors (Lipinski definition) is 9. The van der Waals surface area contributed by atoms with E-state index in [9.17, 15) is 22.8 Å². The number of methoxy groups -OCH3 is 1. The Balaban J connectivity index is 1.60. The number of rotatable bonds is 8. The molecule has 0 aliphatic heterocycles. The van der Waals surface area contributed by atoms with Gasteiger partial charge in [-0.15, -0.1) is 10.2 Å². The number of anilines is 2. The predicted octanol–water partition coefficient (Wildman–Crippen LogP) is 4.87. The summed E-state index contributed by atoms with van der Waals surface area (Å²) in [5, 5.41) is 24.4. The summed E-state index contributed by atoms with van der Waals surface area (Å²) in [4.78, 5) is 8.67. The quantitative estimate of drug-likeness (QED) is 0.275. The lowest BCUT2D eigenvalue weighted by molar-refractivity contribution is -0.0530. The molecule has 1 aromatic carbocycles. The number of fused-ring (bicyclic) bond motifs is 1. The molecule has 0 radical (unpaired) electrons. The molecule has 5 rings (SSSR count). The molecular formula is C24H17F4N9O2. The van der Waals surface area contributed by atoms with Crippen LogP contribution in [-0.4, -0.2) is 48.2 Å². The van der Waals surface area contributed by atoms with Gasteiger partial charge in [0, 0.05) is 12.1 Å². The van der Waals surface area contributed by atoms with Crippen LogP contribution in [0.2, 0.25) is 0 Å². The third-order valence-electron chi connectivity index (χ3n) is 5.51. The molecule has 1 N–H and O–H groups in total. The van der Waals surface area contributed by atoms with E-state index in [1.165, 1.54) is 24.1 Å². The first-order valence-corrected chi connectivity index (χ1v) is 11.1. The Morgan fingerprint density at radius 3 is 2.54 bits per heavy atom. The van der Waals surface area contributed by atoms with Crippen molar-refractivity contribution in [3.63, 3.8) is 0 Å². The zero-order chi connectivity index (χ0) is 27.7. The highest BCUT2D eigenvalue weighted by atomic mass is 19.3. The van der Waals surface area contributed by atoms with Gasteiger partial charge < -0.3 is 14.8 Å². The Bertz CT molecular complexity index is 1690. The summed E-state index contributed by atoms with van der Waals surface area (Å²) in [6.07, 6.45) is -1.58. The molecule has 0 aliphatic carbocycles. The van der Waals surface area contributed by atoms with Gasteiger partial charge in [0.2, 0.25) is 5.88 Å². The highest BCUT2D eigenvalue weighted by Gasteiger charge is 2.23. The maximum atomic E-state index is 13.9. The van der Waals surface area contributed by atoms with E-state index >= 15 is 0 Å². The SMILES string of the molecule is COc1cc2c(cc1Nc1ccc(C)nn1)ncn2-c1ccc(C(F)F)c(-n2nc(OC(F)F)cc2C#N)n1. The van der Waals surface area contributed by atoms with Gasteiger partial charge in [-0.3, -0.25) is 4.57 Å².